The summed E-state index contributed by atoms with van der Waals surface area (Å²) in [5.74, 6) is 0.947. The van der Waals surface area contributed by atoms with Gasteiger partial charge in [-0.1, -0.05) is 133 Å². The molecule has 0 atom stereocenters. The highest BCUT2D eigenvalue weighted by atomic mass is 16.5. The Kier molecular flexibility index (Phi) is 10.9. The van der Waals surface area contributed by atoms with Crippen molar-refractivity contribution in [1.29, 1.82) is 0 Å². The largest absolute Gasteiger partial charge is 0.497 e. The first-order valence-corrected chi connectivity index (χ1v) is 18.8. The number of esters is 2. The van der Waals surface area contributed by atoms with Crippen molar-refractivity contribution in [1.82, 2.24) is 0 Å². The third-order valence-electron chi connectivity index (χ3n) is 9.88. The Morgan fingerprint density at radius 1 is 0.431 bits per heavy atom. The van der Waals surface area contributed by atoms with Gasteiger partial charge < -0.3 is 18.9 Å². The van der Waals surface area contributed by atoms with Crippen molar-refractivity contribution in [2.45, 2.75) is 0 Å². The van der Waals surface area contributed by atoms with Crippen LogP contribution in [0.4, 0.5) is 0 Å². The summed E-state index contributed by atoms with van der Waals surface area (Å²) in [6.07, 6.45) is 6.24. The standard InChI is InChI=1S/C52H38O6/c1-55-41-27-21-35(22-28-41)25-31-47(53)57-51-43-19-11-9-17-39(43)33-45(37-13-5-3-6-14-37)49(51)50-46(38-15-7-4-8-16-38)34-40-18-10-12-20-44(40)52(50)58-48(54)32-26-36-23-29-42(56-2)30-24-36/h3-34H,1-2H3/b31-25+,32-26+. The van der Waals surface area contributed by atoms with Crippen LogP contribution in [0.25, 0.3) is 67.1 Å². The second kappa shape index (κ2) is 17.0. The molecule has 0 fully saturated rings. The molecule has 0 radical (unpaired) electrons. The van der Waals surface area contributed by atoms with Crippen LogP contribution in [0.3, 0.4) is 0 Å². The number of carbonyl (C=O) groups excluding carboxylic acids is 2. The van der Waals surface area contributed by atoms with Gasteiger partial charge in [-0.2, -0.15) is 0 Å². The van der Waals surface area contributed by atoms with Crippen molar-refractivity contribution in [2.75, 3.05) is 14.2 Å². The zero-order chi connectivity index (χ0) is 39.8. The van der Waals surface area contributed by atoms with E-state index in [-0.39, 0.29) is 0 Å². The van der Waals surface area contributed by atoms with E-state index in [0.717, 1.165) is 44.2 Å². The molecule has 0 N–H and O–H groups in total. The predicted molar refractivity (Wildman–Crippen MR) is 233 cm³/mol. The molecule has 6 heteroatoms. The third kappa shape index (κ3) is 7.99. The Morgan fingerprint density at radius 2 is 0.793 bits per heavy atom. The maximum absolute atomic E-state index is 14.0. The van der Waals surface area contributed by atoms with Gasteiger partial charge in [0.1, 0.15) is 23.0 Å². The average Bonchev–Trinajstić information content (AvgIpc) is 3.28. The molecule has 0 bridgehead atoms. The van der Waals surface area contributed by atoms with E-state index in [2.05, 4.69) is 12.1 Å². The number of hydrogen-bond acceptors (Lipinski definition) is 6. The van der Waals surface area contributed by atoms with Crippen LogP contribution in [0.5, 0.6) is 23.0 Å². The van der Waals surface area contributed by atoms with Gasteiger partial charge in [0.05, 0.1) is 14.2 Å². The lowest BCUT2D eigenvalue weighted by Gasteiger charge is -2.23. The second-order valence-corrected chi connectivity index (χ2v) is 13.5. The molecule has 0 heterocycles. The van der Waals surface area contributed by atoms with Crippen LogP contribution in [0.1, 0.15) is 11.1 Å². The van der Waals surface area contributed by atoms with Gasteiger partial charge in [-0.15, -0.1) is 0 Å². The highest BCUT2D eigenvalue weighted by Gasteiger charge is 2.28. The summed E-state index contributed by atoms with van der Waals surface area (Å²) in [7, 11) is 3.22. The van der Waals surface area contributed by atoms with Crippen molar-refractivity contribution < 1.29 is 28.5 Å². The first-order chi connectivity index (χ1) is 28.5. The number of hydrogen-bond donors (Lipinski definition) is 0. The molecular weight excluding hydrogens is 721 g/mol. The van der Waals surface area contributed by atoms with Gasteiger partial charge in [0.15, 0.2) is 0 Å². The van der Waals surface area contributed by atoms with Crippen molar-refractivity contribution in [3.8, 4) is 56.4 Å². The quantitative estimate of drug-likeness (QED) is 0.0743. The monoisotopic (exact) mass is 758 g/mol. The molecule has 6 nitrogen and oxygen atoms in total. The predicted octanol–water partition coefficient (Wildman–Crippen LogP) is 12.2. The Hall–Kier alpha value is -7.70. The first kappa shape index (κ1) is 37.2. The Balaban J connectivity index is 1.39. The molecule has 0 amide bonds. The maximum Gasteiger partial charge on any atom is 0.336 e. The van der Waals surface area contributed by atoms with Crippen molar-refractivity contribution in [3.05, 3.63) is 193 Å². The van der Waals surface area contributed by atoms with Crippen LogP contribution >= 0.6 is 0 Å². The summed E-state index contributed by atoms with van der Waals surface area (Å²) in [4.78, 5) is 28.1. The first-order valence-electron chi connectivity index (χ1n) is 18.8. The SMILES string of the molecule is COc1ccc(/C=C/C(=O)Oc2c(-c3c(-c4ccccc4)cc4ccccc4c3OC(=O)/C=C/c3ccc(OC)cc3)c(-c3ccccc3)cc3ccccc23)cc1. The average molecular weight is 759 g/mol. The Bertz CT molecular complexity index is 2610. The minimum atomic E-state index is -0.574. The summed E-state index contributed by atoms with van der Waals surface area (Å²) in [6.45, 7) is 0. The molecular formula is C52H38O6. The Morgan fingerprint density at radius 3 is 1.17 bits per heavy atom. The molecule has 282 valence electrons. The van der Waals surface area contributed by atoms with Gasteiger partial charge in [0.2, 0.25) is 0 Å². The third-order valence-corrected chi connectivity index (χ3v) is 9.88. The van der Waals surface area contributed by atoms with Crippen molar-refractivity contribution in [2.24, 2.45) is 0 Å². The topological polar surface area (TPSA) is 71.1 Å². The highest BCUT2D eigenvalue weighted by Crippen LogP contribution is 2.53. The summed E-state index contributed by atoms with van der Waals surface area (Å²) in [5.41, 5.74) is 6.17. The van der Waals surface area contributed by atoms with Crippen LogP contribution in [-0.2, 0) is 9.59 Å². The fourth-order valence-corrected chi connectivity index (χ4v) is 7.06. The maximum atomic E-state index is 14.0. The number of carbonyl (C=O) groups is 2. The molecule has 8 aromatic rings. The van der Waals surface area contributed by atoms with Gasteiger partial charge in [-0.05, 0) is 92.7 Å². The van der Waals surface area contributed by atoms with E-state index >= 15 is 0 Å². The molecule has 0 aliphatic carbocycles. The smallest absolute Gasteiger partial charge is 0.336 e. The molecule has 0 aliphatic rings. The Labute approximate surface area is 336 Å². The van der Waals surface area contributed by atoms with Gasteiger partial charge in [0.25, 0.3) is 0 Å². The highest BCUT2D eigenvalue weighted by molar-refractivity contribution is 6.13. The number of fused-ring (bicyclic) bond motifs is 2. The van der Waals surface area contributed by atoms with Crippen molar-refractivity contribution >= 4 is 45.6 Å². The molecule has 0 spiro atoms. The zero-order valence-corrected chi connectivity index (χ0v) is 31.9. The minimum Gasteiger partial charge on any atom is -0.497 e. The zero-order valence-electron chi connectivity index (χ0n) is 31.9. The molecule has 0 saturated heterocycles. The van der Waals surface area contributed by atoms with E-state index in [1.807, 2.05) is 158 Å². The number of methoxy groups -OCH3 is 2. The molecule has 8 rings (SSSR count). The lowest BCUT2D eigenvalue weighted by molar-refractivity contribution is -0.129. The van der Waals surface area contributed by atoms with E-state index in [9.17, 15) is 9.59 Å². The minimum absolute atomic E-state index is 0.333. The van der Waals surface area contributed by atoms with Gasteiger partial charge in [-0.25, -0.2) is 9.59 Å². The van der Waals surface area contributed by atoms with E-state index in [1.54, 1.807) is 26.4 Å². The molecule has 0 aromatic heterocycles. The van der Waals surface area contributed by atoms with Crippen LogP contribution in [0.15, 0.2) is 182 Å². The molecule has 0 aliphatic heterocycles. The van der Waals surface area contributed by atoms with Crippen LogP contribution in [0.2, 0.25) is 0 Å². The van der Waals surface area contributed by atoms with Crippen LogP contribution in [0, 0.1) is 0 Å². The molecule has 58 heavy (non-hydrogen) atoms. The fourth-order valence-electron chi connectivity index (χ4n) is 7.06. The summed E-state index contributed by atoms with van der Waals surface area (Å²) in [5, 5.41) is 3.17. The summed E-state index contributed by atoms with van der Waals surface area (Å²) < 4.78 is 23.6. The van der Waals surface area contributed by atoms with Crippen molar-refractivity contribution in [3.63, 3.8) is 0 Å². The number of ether oxygens (including phenoxy) is 4. The van der Waals surface area contributed by atoms with E-state index < -0.39 is 11.9 Å². The number of rotatable bonds is 11. The van der Waals surface area contributed by atoms with E-state index in [1.165, 1.54) is 12.2 Å². The lowest BCUT2D eigenvalue weighted by Crippen LogP contribution is -2.09. The van der Waals surface area contributed by atoms with Crippen LogP contribution in [-0.4, -0.2) is 26.2 Å². The molecule has 8 aromatic carbocycles. The summed E-state index contributed by atoms with van der Waals surface area (Å²) >= 11 is 0. The van der Waals surface area contributed by atoms with Crippen LogP contribution < -0.4 is 18.9 Å². The molecule has 0 saturated carbocycles. The van der Waals surface area contributed by atoms with Gasteiger partial charge in [0, 0.05) is 34.1 Å². The van der Waals surface area contributed by atoms with E-state index in [0.29, 0.717) is 44.9 Å². The second-order valence-electron chi connectivity index (χ2n) is 13.5. The van der Waals surface area contributed by atoms with E-state index in [4.69, 9.17) is 18.9 Å². The van der Waals surface area contributed by atoms with Gasteiger partial charge in [-0.3, -0.25) is 0 Å². The summed E-state index contributed by atoms with van der Waals surface area (Å²) in [6, 6.07) is 54.5. The normalized spacial score (nSPS) is 11.3. The lowest BCUT2D eigenvalue weighted by atomic mass is 9.84. The molecule has 0 unspecified atom stereocenters. The fraction of sp³-hybridized carbons (Fsp3) is 0.0385. The van der Waals surface area contributed by atoms with Gasteiger partial charge >= 0.3 is 11.9 Å². The number of benzene rings is 8.